The van der Waals surface area contributed by atoms with Crippen LogP contribution in [0, 0.1) is 6.92 Å². The molecule has 0 bridgehead atoms. The topological polar surface area (TPSA) is 35.2 Å². The van der Waals surface area contributed by atoms with Crippen LogP contribution in [0.3, 0.4) is 0 Å². The first-order chi connectivity index (χ1) is 6.74. The second-order valence-electron chi connectivity index (χ2n) is 3.96. The zero-order valence-corrected chi connectivity index (χ0v) is 8.84. The van der Waals surface area contributed by atoms with Crippen LogP contribution in [-0.4, -0.2) is 7.11 Å². The summed E-state index contributed by atoms with van der Waals surface area (Å²) in [6.45, 7) is 2.12. The molecular weight excluding hydrogens is 174 g/mol. The van der Waals surface area contributed by atoms with Crippen molar-refractivity contribution in [2.45, 2.75) is 32.2 Å². The predicted molar refractivity (Wildman–Crippen MR) is 57.6 cm³/mol. The number of methoxy groups -OCH3 is 1. The summed E-state index contributed by atoms with van der Waals surface area (Å²) < 4.78 is 5.31. The first-order valence-corrected chi connectivity index (χ1v) is 5.16. The maximum atomic E-state index is 6.07. The number of hydrogen-bond acceptors (Lipinski definition) is 2. The highest BCUT2D eigenvalue weighted by atomic mass is 16.5. The molecule has 0 spiro atoms. The third kappa shape index (κ3) is 1.40. The van der Waals surface area contributed by atoms with E-state index in [1.807, 2.05) is 6.07 Å². The molecule has 2 rings (SSSR count). The van der Waals surface area contributed by atoms with Gasteiger partial charge in [0.1, 0.15) is 5.75 Å². The zero-order chi connectivity index (χ0) is 10.1. The SMILES string of the molecule is COc1ccc2c(c1C)CCCC2N. The van der Waals surface area contributed by atoms with Crippen molar-refractivity contribution in [1.29, 1.82) is 0 Å². The monoisotopic (exact) mass is 191 g/mol. The molecule has 1 aliphatic carbocycles. The number of benzene rings is 1. The molecule has 0 heterocycles. The molecule has 2 heteroatoms. The third-order valence-electron chi connectivity index (χ3n) is 3.15. The fourth-order valence-electron chi connectivity index (χ4n) is 2.31. The van der Waals surface area contributed by atoms with Gasteiger partial charge in [-0.1, -0.05) is 6.07 Å². The minimum Gasteiger partial charge on any atom is -0.496 e. The fourth-order valence-corrected chi connectivity index (χ4v) is 2.31. The minimum absolute atomic E-state index is 0.225. The van der Waals surface area contributed by atoms with E-state index in [4.69, 9.17) is 10.5 Å². The molecule has 0 fully saturated rings. The Morgan fingerprint density at radius 3 is 2.93 bits per heavy atom. The highest BCUT2D eigenvalue weighted by molar-refractivity contribution is 5.46. The van der Waals surface area contributed by atoms with E-state index in [1.165, 1.54) is 23.1 Å². The van der Waals surface area contributed by atoms with Gasteiger partial charge in [0.15, 0.2) is 0 Å². The molecule has 0 saturated carbocycles. The Bertz CT molecular complexity index is 346. The molecule has 0 saturated heterocycles. The van der Waals surface area contributed by atoms with Gasteiger partial charge >= 0.3 is 0 Å². The van der Waals surface area contributed by atoms with Gasteiger partial charge in [-0.2, -0.15) is 0 Å². The molecule has 0 amide bonds. The lowest BCUT2D eigenvalue weighted by Crippen LogP contribution is -2.18. The summed E-state index contributed by atoms with van der Waals surface area (Å²) >= 11 is 0. The van der Waals surface area contributed by atoms with Crippen molar-refractivity contribution < 1.29 is 4.74 Å². The van der Waals surface area contributed by atoms with E-state index in [0.29, 0.717) is 0 Å². The van der Waals surface area contributed by atoms with Gasteiger partial charge < -0.3 is 10.5 Å². The van der Waals surface area contributed by atoms with Crippen LogP contribution >= 0.6 is 0 Å². The van der Waals surface area contributed by atoms with E-state index in [9.17, 15) is 0 Å². The van der Waals surface area contributed by atoms with Gasteiger partial charge in [0, 0.05) is 6.04 Å². The summed E-state index contributed by atoms with van der Waals surface area (Å²) in [7, 11) is 1.72. The van der Waals surface area contributed by atoms with Crippen molar-refractivity contribution in [2.75, 3.05) is 7.11 Å². The fraction of sp³-hybridized carbons (Fsp3) is 0.500. The molecule has 0 aromatic heterocycles. The Hall–Kier alpha value is -1.02. The summed E-state index contributed by atoms with van der Waals surface area (Å²) in [6, 6.07) is 4.37. The van der Waals surface area contributed by atoms with Gasteiger partial charge in [0.2, 0.25) is 0 Å². The smallest absolute Gasteiger partial charge is 0.122 e. The van der Waals surface area contributed by atoms with Crippen LogP contribution in [-0.2, 0) is 6.42 Å². The molecule has 0 radical (unpaired) electrons. The van der Waals surface area contributed by atoms with Crippen LogP contribution in [0.2, 0.25) is 0 Å². The molecule has 1 atom stereocenters. The normalized spacial score (nSPS) is 20.4. The van der Waals surface area contributed by atoms with E-state index < -0.39 is 0 Å². The Labute approximate surface area is 85.1 Å². The standard InChI is InChI=1S/C12H17NO/c1-8-9-4-3-5-11(13)10(9)6-7-12(8)14-2/h6-7,11H,3-5,13H2,1-2H3. The second kappa shape index (κ2) is 3.62. The zero-order valence-electron chi connectivity index (χ0n) is 8.84. The van der Waals surface area contributed by atoms with E-state index in [-0.39, 0.29) is 6.04 Å². The van der Waals surface area contributed by atoms with Gasteiger partial charge in [-0.25, -0.2) is 0 Å². The first kappa shape index (κ1) is 9.53. The van der Waals surface area contributed by atoms with Crippen molar-refractivity contribution >= 4 is 0 Å². The van der Waals surface area contributed by atoms with E-state index >= 15 is 0 Å². The van der Waals surface area contributed by atoms with Crippen LogP contribution in [0.5, 0.6) is 5.75 Å². The molecule has 76 valence electrons. The molecule has 1 aromatic carbocycles. The molecule has 2 N–H and O–H groups in total. The van der Waals surface area contributed by atoms with Gasteiger partial charge in [0.05, 0.1) is 7.11 Å². The molecule has 14 heavy (non-hydrogen) atoms. The number of fused-ring (bicyclic) bond motifs is 1. The number of ether oxygens (including phenoxy) is 1. The van der Waals surface area contributed by atoms with Crippen LogP contribution in [0.4, 0.5) is 0 Å². The third-order valence-corrected chi connectivity index (χ3v) is 3.15. The van der Waals surface area contributed by atoms with Gasteiger partial charge in [-0.3, -0.25) is 0 Å². The number of rotatable bonds is 1. The number of hydrogen-bond donors (Lipinski definition) is 1. The van der Waals surface area contributed by atoms with Crippen LogP contribution in [0.25, 0.3) is 0 Å². The Balaban J connectivity index is 2.52. The van der Waals surface area contributed by atoms with E-state index in [2.05, 4.69) is 13.0 Å². The van der Waals surface area contributed by atoms with Crippen molar-refractivity contribution in [2.24, 2.45) is 5.73 Å². The predicted octanol–water partition coefficient (Wildman–Crippen LogP) is 2.34. The van der Waals surface area contributed by atoms with Gasteiger partial charge in [0.25, 0.3) is 0 Å². The van der Waals surface area contributed by atoms with E-state index in [0.717, 1.165) is 18.6 Å². The minimum atomic E-state index is 0.225. The average molecular weight is 191 g/mol. The van der Waals surface area contributed by atoms with Gasteiger partial charge in [-0.05, 0) is 48.9 Å². The molecular formula is C12H17NO. The van der Waals surface area contributed by atoms with Gasteiger partial charge in [-0.15, -0.1) is 0 Å². The average Bonchev–Trinajstić information content (AvgIpc) is 2.20. The molecule has 0 aliphatic heterocycles. The Morgan fingerprint density at radius 2 is 2.21 bits per heavy atom. The summed E-state index contributed by atoms with van der Waals surface area (Å²) in [6.07, 6.45) is 3.45. The first-order valence-electron chi connectivity index (χ1n) is 5.16. The van der Waals surface area contributed by atoms with E-state index in [1.54, 1.807) is 7.11 Å². The largest absolute Gasteiger partial charge is 0.496 e. The van der Waals surface area contributed by atoms with Crippen molar-refractivity contribution in [3.63, 3.8) is 0 Å². The Morgan fingerprint density at radius 1 is 1.43 bits per heavy atom. The van der Waals surface area contributed by atoms with Crippen molar-refractivity contribution in [1.82, 2.24) is 0 Å². The highest BCUT2D eigenvalue weighted by Gasteiger charge is 2.19. The maximum Gasteiger partial charge on any atom is 0.122 e. The quantitative estimate of drug-likeness (QED) is 0.739. The summed E-state index contributed by atoms with van der Waals surface area (Å²) in [5.41, 5.74) is 10.1. The van der Waals surface area contributed by atoms with Crippen molar-refractivity contribution in [3.05, 3.63) is 28.8 Å². The van der Waals surface area contributed by atoms with Crippen LogP contribution in [0.1, 0.15) is 35.6 Å². The summed E-state index contributed by atoms with van der Waals surface area (Å²) in [5.74, 6) is 0.984. The van der Waals surface area contributed by atoms with Crippen LogP contribution < -0.4 is 10.5 Å². The molecule has 2 nitrogen and oxygen atoms in total. The summed E-state index contributed by atoms with van der Waals surface area (Å²) in [5, 5.41) is 0. The lowest BCUT2D eigenvalue weighted by atomic mass is 9.85. The lowest BCUT2D eigenvalue weighted by Gasteiger charge is -2.24. The second-order valence-corrected chi connectivity index (χ2v) is 3.96. The lowest BCUT2D eigenvalue weighted by molar-refractivity contribution is 0.409. The molecule has 1 aliphatic rings. The maximum absolute atomic E-state index is 6.07. The Kier molecular flexibility index (Phi) is 2.46. The summed E-state index contributed by atoms with van der Waals surface area (Å²) in [4.78, 5) is 0. The molecule has 1 unspecified atom stereocenters. The van der Waals surface area contributed by atoms with Crippen LogP contribution in [0.15, 0.2) is 12.1 Å². The highest BCUT2D eigenvalue weighted by Crippen LogP contribution is 2.34. The number of nitrogens with two attached hydrogens (primary N) is 1. The molecule has 1 aromatic rings. The van der Waals surface area contributed by atoms with Crippen molar-refractivity contribution in [3.8, 4) is 5.75 Å².